The quantitative estimate of drug-likeness (QED) is 0.599. The Balaban J connectivity index is 3.18. The Labute approximate surface area is 118 Å². The number of carbonyl (C=O) groups is 2. The van der Waals surface area contributed by atoms with Crippen LogP contribution in [0.15, 0.2) is 30.4 Å². The molecule has 0 aliphatic carbocycles. The summed E-state index contributed by atoms with van der Waals surface area (Å²) in [5.74, 6) is -1.86. The normalized spacial score (nSPS) is 11.6. The summed E-state index contributed by atoms with van der Waals surface area (Å²) >= 11 is 0. The van der Waals surface area contributed by atoms with Gasteiger partial charge in [-0.25, -0.2) is 4.79 Å². The Hall–Kier alpha value is -2.30. The van der Waals surface area contributed by atoms with Crippen LogP contribution in [0.5, 0.6) is 0 Å². The van der Waals surface area contributed by atoms with E-state index in [1.165, 1.54) is 13.0 Å². The van der Waals surface area contributed by atoms with Crippen LogP contribution >= 0.6 is 0 Å². The summed E-state index contributed by atoms with van der Waals surface area (Å²) in [6.07, 6.45) is -0.702. The molecule has 0 saturated carbocycles. The first-order valence-corrected chi connectivity index (χ1v) is 6.13. The van der Waals surface area contributed by atoms with E-state index in [9.17, 15) is 14.7 Å². The van der Waals surface area contributed by atoms with Gasteiger partial charge in [0.05, 0.1) is 5.97 Å². The Morgan fingerprint density at radius 3 is 2.40 bits per heavy atom. The molecule has 1 atom stereocenters. The Bertz CT molecular complexity index is 549. The van der Waals surface area contributed by atoms with E-state index in [4.69, 9.17) is 4.74 Å². The van der Waals surface area contributed by atoms with Gasteiger partial charge in [-0.3, -0.25) is 0 Å². The van der Waals surface area contributed by atoms with Crippen LogP contribution in [0.3, 0.4) is 0 Å². The van der Waals surface area contributed by atoms with Gasteiger partial charge < -0.3 is 19.5 Å². The van der Waals surface area contributed by atoms with Crippen LogP contribution in [-0.4, -0.2) is 26.0 Å². The zero-order chi connectivity index (χ0) is 15.4. The molecule has 1 rings (SSSR count). The first-order valence-electron chi connectivity index (χ1n) is 6.13. The zero-order valence-corrected chi connectivity index (χ0v) is 12.1. The number of hydrogen-bond donors (Lipinski definition) is 0. The van der Waals surface area contributed by atoms with E-state index < -0.39 is 18.0 Å². The van der Waals surface area contributed by atoms with Crippen molar-refractivity contribution in [3.05, 3.63) is 41.5 Å². The van der Waals surface area contributed by atoms with Crippen molar-refractivity contribution in [2.45, 2.75) is 20.0 Å². The van der Waals surface area contributed by atoms with Gasteiger partial charge in [0.15, 0.2) is 0 Å². The molecule has 20 heavy (non-hydrogen) atoms. The standard InChI is InChI=1S/C15H19NO4/c1-9(2)15(19)20-10(3)13-8-11(16(4)5)6-7-12(13)14(17)18/h6-8,10H,1H2,2-5H3,(H,17,18)/p-1. The van der Waals surface area contributed by atoms with Gasteiger partial charge in [0.1, 0.15) is 6.10 Å². The number of hydrogen-bond acceptors (Lipinski definition) is 5. The zero-order valence-electron chi connectivity index (χ0n) is 12.1. The molecule has 0 fully saturated rings. The lowest BCUT2D eigenvalue weighted by Crippen LogP contribution is -2.25. The van der Waals surface area contributed by atoms with Crippen molar-refractivity contribution in [3.8, 4) is 0 Å². The fraction of sp³-hybridized carbons (Fsp3) is 0.333. The number of carbonyl (C=O) groups excluding carboxylic acids is 2. The highest BCUT2D eigenvalue weighted by Crippen LogP contribution is 2.26. The smallest absolute Gasteiger partial charge is 0.333 e. The number of rotatable bonds is 5. The molecule has 0 radical (unpaired) electrons. The molecule has 0 heterocycles. The van der Waals surface area contributed by atoms with Crippen molar-refractivity contribution >= 4 is 17.6 Å². The lowest BCUT2D eigenvalue weighted by Gasteiger charge is -2.21. The van der Waals surface area contributed by atoms with Crippen molar-refractivity contribution in [2.75, 3.05) is 19.0 Å². The van der Waals surface area contributed by atoms with Crippen LogP contribution in [0.4, 0.5) is 5.69 Å². The van der Waals surface area contributed by atoms with Gasteiger partial charge in [-0.2, -0.15) is 0 Å². The number of ether oxygens (including phenoxy) is 1. The third-order valence-corrected chi connectivity index (χ3v) is 2.84. The molecule has 0 spiro atoms. The molecule has 0 aliphatic heterocycles. The van der Waals surface area contributed by atoms with E-state index in [0.717, 1.165) is 5.69 Å². The van der Waals surface area contributed by atoms with Crippen LogP contribution in [0.25, 0.3) is 0 Å². The maximum absolute atomic E-state index is 11.5. The second kappa shape index (κ2) is 6.23. The summed E-state index contributed by atoms with van der Waals surface area (Å²) in [6, 6.07) is 4.79. The van der Waals surface area contributed by atoms with Gasteiger partial charge in [-0.1, -0.05) is 12.6 Å². The van der Waals surface area contributed by atoms with Crippen molar-refractivity contribution in [3.63, 3.8) is 0 Å². The van der Waals surface area contributed by atoms with Crippen LogP contribution in [0.2, 0.25) is 0 Å². The molecule has 1 aromatic rings. The molecule has 0 bridgehead atoms. The number of anilines is 1. The fourth-order valence-corrected chi connectivity index (χ4v) is 1.68. The van der Waals surface area contributed by atoms with Gasteiger partial charge >= 0.3 is 5.97 Å². The molecule has 0 amide bonds. The van der Waals surface area contributed by atoms with E-state index in [0.29, 0.717) is 5.56 Å². The maximum Gasteiger partial charge on any atom is 0.333 e. The molecule has 0 aliphatic rings. The number of carboxylic acids is 1. The average molecular weight is 276 g/mol. The second-order valence-corrected chi connectivity index (χ2v) is 4.78. The number of benzene rings is 1. The molecule has 1 aromatic carbocycles. The van der Waals surface area contributed by atoms with Crippen LogP contribution in [-0.2, 0) is 9.53 Å². The molecule has 0 saturated heterocycles. The third-order valence-electron chi connectivity index (χ3n) is 2.84. The minimum absolute atomic E-state index is 0.0117. The predicted octanol–water partition coefficient (Wildman–Crippen LogP) is 1.30. The molecule has 108 valence electrons. The lowest BCUT2D eigenvalue weighted by molar-refractivity contribution is -0.255. The number of aromatic carboxylic acids is 1. The summed E-state index contributed by atoms with van der Waals surface area (Å²) in [5, 5.41) is 11.1. The highest BCUT2D eigenvalue weighted by atomic mass is 16.5. The fourth-order valence-electron chi connectivity index (χ4n) is 1.68. The molecule has 5 nitrogen and oxygen atoms in total. The van der Waals surface area contributed by atoms with Crippen molar-refractivity contribution in [1.82, 2.24) is 0 Å². The first-order chi connectivity index (χ1) is 9.23. The Morgan fingerprint density at radius 2 is 1.95 bits per heavy atom. The molecular weight excluding hydrogens is 258 g/mol. The minimum atomic E-state index is -1.30. The largest absolute Gasteiger partial charge is 0.545 e. The maximum atomic E-state index is 11.5. The average Bonchev–Trinajstić information content (AvgIpc) is 2.37. The highest BCUT2D eigenvalue weighted by molar-refractivity contribution is 5.89. The summed E-state index contributed by atoms with van der Waals surface area (Å²) in [6.45, 7) is 6.64. The van der Waals surface area contributed by atoms with Gasteiger partial charge in [-0.15, -0.1) is 0 Å². The number of esters is 1. The van der Waals surface area contributed by atoms with Gasteiger partial charge in [0.2, 0.25) is 0 Å². The van der Waals surface area contributed by atoms with Crippen molar-refractivity contribution in [2.24, 2.45) is 0 Å². The predicted molar refractivity (Wildman–Crippen MR) is 74.4 cm³/mol. The van der Waals surface area contributed by atoms with Crippen LogP contribution in [0, 0.1) is 0 Å². The van der Waals surface area contributed by atoms with E-state index in [1.807, 2.05) is 19.0 Å². The van der Waals surface area contributed by atoms with Crippen molar-refractivity contribution < 1.29 is 19.4 Å². The number of nitrogens with zero attached hydrogens (tertiary/aromatic N) is 1. The first kappa shape index (κ1) is 15.8. The summed E-state index contributed by atoms with van der Waals surface area (Å²) in [7, 11) is 3.67. The summed E-state index contributed by atoms with van der Waals surface area (Å²) in [5.41, 5.74) is 1.47. The van der Waals surface area contributed by atoms with E-state index >= 15 is 0 Å². The van der Waals surface area contributed by atoms with Crippen LogP contribution in [0.1, 0.15) is 35.9 Å². The van der Waals surface area contributed by atoms with Gasteiger partial charge in [0, 0.05) is 36.5 Å². The highest BCUT2D eigenvalue weighted by Gasteiger charge is 2.17. The Kier molecular flexibility index (Phi) is 4.91. The Morgan fingerprint density at radius 1 is 1.35 bits per heavy atom. The lowest BCUT2D eigenvalue weighted by atomic mass is 10.0. The van der Waals surface area contributed by atoms with Crippen LogP contribution < -0.4 is 10.0 Å². The monoisotopic (exact) mass is 276 g/mol. The molecular formula is C15H18NO4-. The SMILES string of the molecule is C=C(C)C(=O)OC(C)c1cc(N(C)C)ccc1C(=O)[O-]. The summed E-state index contributed by atoms with van der Waals surface area (Å²) < 4.78 is 5.18. The van der Waals surface area contributed by atoms with E-state index in [1.54, 1.807) is 19.1 Å². The number of carboxylic acid groups (broad SMARTS) is 1. The molecule has 1 unspecified atom stereocenters. The summed E-state index contributed by atoms with van der Waals surface area (Å²) in [4.78, 5) is 24.5. The molecule has 0 aromatic heterocycles. The molecule has 5 heteroatoms. The second-order valence-electron chi connectivity index (χ2n) is 4.78. The van der Waals surface area contributed by atoms with E-state index in [-0.39, 0.29) is 11.1 Å². The van der Waals surface area contributed by atoms with Gasteiger partial charge in [0.25, 0.3) is 0 Å². The third kappa shape index (κ3) is 3.60. The van der Waals surface area contributed by atoms with E-state index in [2.05, 4.69) is 6.58 Å². The van der Waals surface area contributed by atoms with Crippen molar-refractivity contribution in [1.29, 1.82) is 0 Å². The molecule has 0 N–H and O–H groups in total. The minimum Gasteiger partial charge on any atom is -0.545 e. The topological polar surface area (TPSA) is 69.7 Å². The van der Waals surface area contributed by atoms with Gasteiger partial charge in [-0.05, 0) is 26.0 Å².